The van der Waals surface area contributed by atoms with E-state index in [1.165, 1.54) is 14.2 Å². The molecule has 0 aliphatic carbocycles. The fourth-order valence-corrected chi connectivity index (χ4v) is 8.53. The van der Waals surface area contributed by atoms with E-state index in [1.807, 2.05) is 75.0 Å². The van der Waals surface area contributed by atoms with E-state index in [-0.39, 0.29) is 60.4 Å². The lowest BCUT2D eigenvalue weighted by atomic mass is 9.87. The minimum Gasteiger partial charge on any atom is -0.467 e. The fourth-order valence-electron chi connectivity index (χ4n) is 8.53. The van der Waals surface area contributed by atoms with E-state index in [2.05, 4.69) is 24.5 Å². The Hall–Kier alpha value is -3.39. The highest BCUT2D eigenvalue weighted by Gasteiger charge is 2.46. The van der Waals surface area contributed by atoms with Gasteiger partial charge in [-0.1, -0.05) is 71.4 Å². The predicted molar refractivity (Wildman–Crippen MR) is 207 cm³/mol. The molecule has 2 saturated heterocycles. The van der Waals surface area contributed by atoms with Gasteiger partial charge < -0.3 is 24.4 Å². The van der Waals surface area contributed by atoms with Crippen molar-refractivity contribution in [2.24, 2.45) is 17.8 Å². The Kier molecular flexibility index (Phi) is 17.1. The van der Waals surface area contributed by atoms with Crippen LogP contribution in [0.3, 0.4) is 0 Å². The number of esters is 1. The number of imide groups is 1. The Labute approximate surface area is 323 Å². The average molecular weight is 758 g/mol. The summed E-state index contributed by atoms with van der Waals surface area (Å²) < 4.78 is 17.0. The Bertz CT molecular complexity index is 1410. The van der Waals surface area contributed by atoms with Crippen molar-refractivity contribution in [3.63, 3.8) is 0 Å². The summed E-state index contributed by atoms with van der Waals surface area (Å²) in [5.74, 6) is -2.48. The number of carbonyl (C=O) groups excluding carboxylic acids is 5. The molecule has 4 amide bonds. The van der Waals surface area contributed by atoms with Crippen LogP contribution in [0.5, 0.6) is 0 Å². The highest BCUT2D eigenvalue weighted by Crippen LogP contribution is 2.31. The highest BCUT2D eigenvalue weighted by molar-refractivity contribution is 6.02. The number of methoxy groups -OCH3 is 3. The van der Waals surface area contributed by atoms with E-state index >= 15 is 0 Å². The first-order valence-corrected chi connectivity index (χ1v) is 19.6. The van der Waals surface area contributed by atoms with Gasteiger partial charge in [0.1, 0.15) is 6.04 Å². The molecule has 0 bridgehead atoms. The number of rotatable bonds is 19. The molecule has 2 N–H and O–H groups in total. The van der Waals surface area contributed by atoms with Gasteiger partial charge in [-0.2, -0.15) is 0 Å². The lowest BCUT2D eigenvalue weighted by molar-refractivity contribution is -0.147. The van der Waals surface area contributed by atoms with Crippen LogP contribution in [0, 0.1) is 17.8 Å². The van der Waals surface area contributed by atoms with Gasteiger partial charge in [0.2, 0.25) is 23.6 Å². The number of ether oxygens (including phenoxy) is 3. The molecule has 0 aromatic heterocycles. The molecule has 1 aromatic carbocycles. The molecule has 13 heteroatoms. The standard InChI is InChI=1S/C41H67N5O8/c1-12-27(4)35(45(8)34(26(2)3)38(49)43-40(51)41(6)21-17-22-44(41)7)32(52-9)25-33(47)46-23-16-20-31(46)36(53-10)28(5)37(48)42-30(39(50)54-11)24-29-18-14-13-15-19-29/h13-15,18-19,26-28,30-32,34-36H,12,16-17,20-25H2,1-11H3,(H,42,48)(H,43,49,51)/t27-,28+,30-,31-,32+,34-,35-,36+,41-/m0/s1. The molecule has 304 valence electrons. The van der Waals surface area contributed by atoms with Crippen LogP contribution in [0.2, 0.25) is 0 Å². The Morgan fingerprint density at radius 1 is 0.963 bits per heavy atom. The van der Waals surface area contributed by atoms with Gasteiger partial charge in [0.15, 0.2) is 0 Å². The van der Waals surface area contributed by atoms with Crippen LogP contribution < -0.4 is 10.6 Å². The second-order valence-electron chi connectivity index (χ2n) is 15.9. The first-order chi connectivity index (χ1) is 25.6. The molecule has 0 radical (unpaired) electrons. The zero-order chi connectivity index (χ0) is 40.3. The maximum Gasteiger partial charge on any atom is 0.328 e. The van der Waals surface area contributed by atoms with Gasteiger partial charge in [-0.05, 0) is 70.6 Å². The molecule has 2 fully saturated rings. The number of benzene rings is 1. The zero-order valence-electron chi connectivity index (χ0n) is 34.6. The molecule has 1 aromatic rings. The van der Waals surface area contributed by atoms with E-state index in [4.69, 9.17) is 14.2 Å². The molecule has 13 nitrogen and oxygen atoms in total. The van der Waals surface area contributed by atoms with Gasteiger partial charge in [0.05, 0.1) is 49.3 Å². The zero-order valence-corrected chi connectivity index (χ0v) is 34.6. The van der Waals surface area contributed by atoms with E-state index in [9.17, 15) is 24.0 Å². The summed E-state index contributed by atoms with van der Waals surface area (Å²) in [6.07, 6.45) is 2.87. The van der Waals surface area contributed by atoms with Gasteiger partial charge in [0, 0.05) is 33.2 Å². The second kappa shape index (κ2) is 20.5. The van der Waals surface area contributed by atoms with Gasteiger partial charge in [0.25, 0.3) is 0 Å². The van der Waals surface area contributed by atoms with Gasteiger partial charge in [-0.3, -0.25) is 34.3 Å². The van der Waals surface area contributed by atoms with Crippen molar-refractivity contribution in [2.75, 3.05) is 48.5 Å². The van der Waals surface area contributed by atoms with Gasteiger partial charge in [-0.15, -0.1) is 0 Å². The quantitative estimate of drug-likeness (QED) is 0.201. The molecule has 0 unspecified atom stereocenters. The third kappa shape index (κ3) is 10.7. The fraction of sp³-hybridized carbons (Fsp3) is 0.732. The lowest BCUT2D eigenvalue weighted by Crippen LogP contribution is -2.61. The summed E-state index contributed by atoms with van der Waals surface area (Å²) >= 11 is 0. The summed E-state index contributed by atoms with van der Waals surface area (Å²) in [4.78, 5) is 73.7. The smallest absolute Gasteiger partial charge is 0.328 e. The molecule has 0 saturated carbocycles. The number of hydrogen-bond acceptors (Lipinski definition) is 10. The number of nitrogens with zero attached hydrogens (tertiary/aromatic N) is 3. The maximum absolute atomic E-state index is 14.3. The van der Waals surface area contributed by atoms with Crippen molar-refractivity contribution < 1.29 is 38.2 Å². The number of likely N-dealkylation sites (N-methyl/N-ethyl adjacent to an activating group) is 2. The van der Waals surface area contributed by atoms with E-state index in [1.54, 1.807) is 18.9 Å². The number of hydrogen-bond donors (Lipinski definition) is 2. The molecule has 2 aliphatic heterocycles. The topological polar surface area (TPSA) is 147 Å². The normalized spacial score (nSPS) is 23.0. The van der Waals surface area contributed by atoms with Crippen molar-refractivity contribution in [2.45, 2.75) is 128 Å². The predicted octanol–water partition coefficient (Wildman–Crippen LogP) is 3.43. The van der Waals surface area contributed by atoms with E-state index in [0.29, 0.717) is 19.4 Å². The summed E-state index contributed by atoms with van der Waals surface area (Å²) in [5.41, 5.74) is 0.133. The average Bonchev–Trinajstić information content (AvgIpc) is 3.77. The third-order valence-electron chi connectivity index (χ3n) is 12.1. The molecule has 0 spiro atoms. The number of carbonyl (C=O) groups is 5. The first-order valence-electron chi connectivity index (χ1n) is 19.6. The Morgan fingerprint density at radius 2 is 1.63 bits per heavy atom. The summed E-state index contributed by atoms with van der Waals surface area (Å²) in [6, 6.07) is 7.16. The summed E-state index contributed by atoms with van der Waals surface area (Å²) in [5, 5.41) is 5.61. The van der Waals surface area contributed by atoms with Crippen molar-refractivity contribution in [3.8, 4) is 0 Å². The van der Waals surface area contributed by atoms with Crippen LogP contribution in [0.15, 0.2) is 30.3 Å². The van der Waals surface area contributed by atoms with Crippen molar-refractivity contribution >= 4 is 29.6 Å². The maximum atomic E-state index is 14.3. The lowest BCUT2D eigenvalue weighted by Gasteiger charge is -2.43. The number of amides is 4. The largest absolute Gasteiger partial charge is 0.467 e. The molecular weight excluding hydrogens is 690 g/mol. The Balaban J connectivity index is 1.78. The van der Waals surface area contributed by atoms with Crippen molar-refractivity contribution in [1.29, 1.82) is 0 Å². The van der Waals surface area contributed by atoms with E-state index < -0.39 is 41.7 Å². The third-order valence-corrected chi connectivity index (χ3v) is 12.1. The molecule has 2 heterocycles. The molecule has 3 rings (SSSR count). The van der Waals surface area contributed by atoms with E-state index in [0.717, 1.165) is 31.4 Å². The Morgan fingerprint density at radius 3 is 2.17 bits per heavy atom. The molecule has 2 aliphatic rings. The van der Waals surface area contributed by atoms with Crippen LogP contribution in [-0.2, 0) is 44.6 Å². The van der Waals surface area contributed by atoms with Gasteiger partial charge >= 0.3 is 5.97 Å². The molecular formula is C41H67N5O8. The number of likely N-dealkylation sites (tertiary alicyclic amines) is 2. The number of nitrogens with one attached hydrogen (secondary N) is 2. The first kappa shape index (κ1) is 45.0. The summed E-state index contributed by atoms with van der Waals surface area (Å²) in [7, 11) is 8.21. The minimum atomic E-state index is -0.884. The SMILES string of the molecule is CC[C@H](C)[C@@H]([C@@H](CC(=O)N1CCC[C@H]1[C@H](OC)[C@@H](C)C(=O)N[C@@H](Cc1ccccc1)C(=O)OC)OC)N(C)[C@H](C(=O)NC(=O)[C@]1(C)CCCN1C)C(C)C. The molecule has 54 heavy (non-hydrogen) atoms. The van der Waals surface area contributed by atoms with Crippen molar-refractivity contribution in [1.82, 2.24) is 25.3 Å². The van der Waals surface area contributed by atoms with Crippen LogP contribution in [0.1, 0.15) is 85.6 Å². The monoisotopic (exact) mass is 757 g/mol. The van der Waals surface area contributed by atoms with Crippen LogP contribution >= 0.6 is 0 Å². The molecule has 9 atom stereocenters. The van der Waals surface area contributed by atoms with Crippen LogP contribution in [0.4, 0.5) is 0 Å². The van der Waals surface area contributed by atoms with Gasteiger partial charge in [-0.25, -0.2) is 4.79 Å². The second-order valence-corrected chi connectivity index (χ2v) is 15.9. The highest BCUT2D eigenvalue weighted by atomic mass is 16.5. The van der Waals surface area contributed by atoms with Crippen molar-refractivity contribution in [3.05, 3.63) is 35.9 Å². The summed E-state index contributed by atoms with van der Waals surface area (Å²) in [6.45, 7) is 13.0. The minimum absolute atomic E-state index is 0.0412. The van der Waals surface area contributed by atoms with Crippen LogP contribution in [-0.4, -0.2) is 135 Å². The van der Waals surface area contributed by atoms with Crippen LogP contribution in [0.25, 0.3) is 0 Å².